The highest BCUT2D eigenvalue weighted by molar-refractivity contribution is 6.05. The molecule has 4 aliphatic rings. The van der Waals surface area contributed by atoms with Crippen molar-refractivity contribution >= 4 is 23.4 Å². The number of piperazine rings is 1. The van der Waals surface area contributed by atoms with Crippen molar-refractivity contribution in [3.63, 3.8) is 0 Å². The van der Waals surface area contributed by atoms with Gasteiger partial charge in [0.1, 0.15) is 6.04 Å². The number of nitrogens with one attached hydrogen (secondary N) is 1. The first-order valence-corrected chi connectivity index (χ1v) is 11.0. The molecule has 1 aromatic rings. The Bertz CT molecular complexity index is 908. The van der Waals surface area contributed by atoms with Crippen LogP contribution in [-0.4, -0.2) is 64.3 Å². The minimum Gasteiger partial charge on any atom is -0.368 e. The number of anilines is 1. The fourth-order valence-corrected chi connectivity index (χ4v) is 5.97. The van der Waals surface area contributed by atoms with Crippen LogP contribution < -0.4 is 10.2 Å². The lowest BCUT2D eigenvalue weighted by molar-refractivity contribution is -0.136. The molecule has 4 aliphatic heterocycles. The Balaban J connectivity index is 1.34. The maximum absolute atomic E-state index is 12.9. The van der Waals surface area contributed by atoms with Gasteiger partial charge in [-0.15, -0.1) is 0 Å². The van der Waals surface area contributed by atoms with Gasteiger partial charge in [-0.3, -0.25) is 24.6 Å². The van der Waals surface area contributed by atoms with E-state index in [4.69, 9.17) is 0 Å². The predicted octanol–water partition coefficient (Wildman–Crippen LogP) is 1.90. The second-order valence-corrected chi connectivity index (χ2v) is 10.1. The van der Waals surface area contributed by atoms with Crippen LogP contribution in [0.3, 0.4) is 0 Å². The van der Waals surface area contributed by atoms with Crippen LogP contribution in [0.5, 0.6) is 0 Å². The Morgan fingerprint density at radius 2 is 1.70 bits per heavy atom. The zero-order valence-electron chi connectivity index (χ0n) is 18.0. The van der Waals surface area contributed by atoms with Gasteiger partial charge in [0, 0.05) is 54.9 Å². The molecular formula is C23H30N4O3. The molecular weight excluding hydrogens is 380 g/mol. The fourth-order valence-electron chi connectivity index (χ4n) is 5.97. The van der Waals surface area contributed by atoms with Crippen LogP contribution in [0, 0.1) is 0 Å². The number of nitrogens with zero attached hydrogens (tertiary/aromatic N) is 3. The van der Waals surface area contributed by atoms with E-state index >= 15 is 0 Å². The van der Waals surface area contributed by atoms with Crippen LogP contribution in [-0.2, 0) is 16.1 Å². The summed E-state index contributed by atoms with van der Waals surface area (Å²) < 4.78 is 0. The van der Waals surface area contributed by atoms with Gasteiger partial charge in [0.15, 0.2) is 0 Å². The first-order chi connectivity index (χ1) is 14.2. The van der Waals surface area contributed by atoms with Gasteiger partial charge in [0.2, 0.25) is 11.8 Å². The Hall–Kier alpha value is -2.41. The molecule has 5 rings (SSSR count). The summed E-state index contributed by atoms with van der Waals surface area (Å²) >= 11 is 0. The van der Waals surface area contributed by atoms with Gasteiger partial charge in [-0.25, -0.2) is 0 Å². The van der Waals surface area contributed by atoms with Crippen LogP contribution in [0.15, 0.2) is 18.2 Å². The number of amides is 3. The quantitative estimate of drug-likeness (QED) is 0.754. The zero-order chi connectivity index (χ0) is 21.2. The lowest BCUT2D eigenvalue weighted by atomic mass is 9.99. The third-order valence-electron chi connectivity index (χ3n) is 7.13. The van der Waals surface area contributed by atoms with Crippen molar-refractivity contribution in [1.82, 2.24) is 15.1 Å². The number of benzene rings is 1. The molecule has 30 heavy (non-hydrogen) atoms. The third kappa shape index (κ3) is 3.11. The molecule has 160 valence electrons. The smallest absolute Gasteiger partial charge is 0.255 e. The molecule has 3 fully saturated rings. The monoisotopic (exact) mass is 410 g/mol. The Labute approximate surface area is 177 Å². The lowest BCUT2D eigenvalue weighted by Crippen LogP contribution is -2.60. The average Bonchev–Trinajstić information content (AvgIpc) is 3.15. The van der Waals surface area contributed by atoms with Gasteiger partial charge >= 0.3 is 0 Å². The topological polar surface area (TPSA) is 73.0 Å². The summed E-state index contributed by atoms with van der Waals surface area (Å²) in [5.41, 5.74) is 3.01. The molecule has 7 heteroatoms. The molecule has 3 saturated heterocycles. The van der Waals surface area contributed by atoms with Crippen LogP contribution in [0.1, 0.15) is 62.4 Å². The molecule has 1 aromatic carbocycles. The molecule has 3 amide bonds. The number of fused-ring (bicyclic) bond motifs is 3. The molecule has 0 saturated carbocycles. The summed E-state index contributed by atoms with van der Waals surface area (Å²) in [4.78, 5) is 43.4. The summed E-state index contributed by atoms with van der Waals surface area (Å²) in [6.45, 7) is 9.37. The summed E-state index contributed by atoms with van der Waals surface area (Å²) in [6.07, 6.45) is 3.16. The number of carbonyl (C=O) groups excluding carboxylic acids is 3. The standard InChI is InChI=1S/C23H30N4O3/c1-23(2,3)27-16-4-5-17(27)13-25(12-16)15-6-7-18-14(10-15)11-26(22(18)30)19-8-9-20(28)24-21(19)29/h6-7,10,16-17,19H,4-5,8-9,11-13H2,1-3H3,(H,24,28,29)/t16?,17?,19-/m1/s1. The SMILES string of the molecule is CC(C)(C)N1C2CCC1CN(c1ccc3c(c1)CN([C@@H]1CCC(=O)NC1=O)C3=O)C2. The molecule has 0 aromatic heterocycles. The molecule has 4 heterocycles. The van der Waals surface area contributed by atoms with E-state index < -0.39 is 6.04 Å². The second-order valence-electron chi connectivity index (χ2n) is 10.1. The van der Waals surface area contributed by atoms with Crippen molar-refractivity contribution in [2.24, 2.45) is 0 Å². The largest absolute Gasteiger partial charge is 0.368 e. The maximum atomic E-state index is 12.9. The molecule has 2 bridgehead atoms. The maximum Gasteiger partial charge on any atom is 0.255 e. The number of imide groups is 1. The van der Waals surface area contributed by atoms with Crippen LogP contribution in [0.2, 0.25) is 0 Å². The van der Waals surface area contributed by atoms with Gasteiger partial charge in [-0.1, -0.05) is 0 Å². The predicted molar refractivity (Wildman–Crippen MR) is 113 cm³/mol. The summed E-state index contributed by atoms with van der Waals surface area (Å²) in [7, 11) is 0. The van der Waals surface area contributed by atoms with Gasteiger partial charge in [0.05, 0.1) is 0 Å². The van der Waals surface area contributed by atoms with E-state index in [-0.39, 0.29) is 29.7 Å². The minimum absolute atomic E-state index is 0.108. The second kappa shape index (κ2) is 6.80. The highest BCUT2D eigenvalue weighted by Gasteiger charge is 2.45. The van der Waals surface area contributed by atoms with Crippen molar-refractivity contribution in [3.05, 3.63) is 29.3 Å². The number of hydrogen-bond donors (Lipinski definition) is 1. The zero-order valence-corrected chi connectivity index (χ0v) is 18.0. The Morgan fingerprint density at radius 3 is 2.33 bits per heavy atom. The molecule has 2 unspecified atom stereocenters. The number of carbonyl (C=O) groups is 3. The van der Waals surface area contributed by atoms with E-state index in [1.807, 2.05) is 6.07 Å². The Kier molecular flexibility index (Phi) is 4.43. The number of piperidine rings is 1. The Morgan fingerprint density at radius 1 is 1.00 bits per heavy atom. The van der Waals surface area contributed by atoms with Crippen LogP contribution in [0.25, 0.3) is 0 Å². The first-order valence-electron chi connectivity index (χ1n) is 11.0. The molecule has 0 radical (unpaired) electrons. The van der Waals surface area contributed by atoms with Crippen LogP contribution >= 0.6 is 0 Å². The van der Waals surface area contributed by atoms with Crippen molar-refractivity contribution in [2.45, 2.75) is 76.7 Å². The van der Waals surface area contributed by atoms with Crippen molar-refractivity contribution < 1.29 is 14.4 Å². The number of hydrogen-bond acceptors (Lipinski definition) is 5. The third-order valence-corrected chi connectivity index (χ3v) is 7.13. The normalized spacial score (nSPS) is 29.4. The van der Waals surface area contributed by atoms with E-state index in [1.165, 1.54) is 12.8 Å². The van der Waals surface area contributed by atoms with Crippen LogP contribution in [0.4, 0.5) is 5.69 Å². The molecule has 0 spiro atoms. The van der Waals surface area contributed by atoms with Gasteiger partial charge < -0.3 is 9.80 Å². The fraction of sp³-hybridized carbons (Fsp3) is 0.609. The van der Waals surface area contributed by atoms with E-state index in [1.54, 1.807) is 4.90 Å². The molecule has 0 aliphatic carbocycles. The van der Waals surface area contributed by atoms with Crippen molar-refractivity contribution in [3.8, 4) is 0 Å². The van der Waals surface area contributed by atoms with E-state index in [0.29, 0.717) is 30.6 Å². The average molecular weight is 411 g/mol. The summed E-state index contributed by atoms with van der Waals surface area (Å²) in [5.74, 6) is -0.724. The lowest BCUT2D eigenvalue weighted by Gasteiger charge is -2.48. The van der Waals surface area contributed by atoms with Gasteiger partial charge in [-0.2, -0.15) is 0 Å². The summed E-state index contributed by atoms with van der Waals surface area (Å²) in [6, 6.07) is 6.67. The van der Waals surface area contributed by atoms with E-state index in [0.717, 1.165) is 24.3 Å². The highest BCUT2D eigenvalue weighted by Crippen LogP contribution is 2.38. The van der Waals surface area contributed by atoms with Crippen molar-refractivity contribution in [1.29, 1.82) is 0 Å². The molecule has 3 atom stereocenters. The summed E-state index contributed by atoms with van der Waals surface area (Å²) in [5, 5.41) is 2.36. The van der Waals surface area contributed by atoms with E-state index in [2.05, 4.69) is 48.0 Å². The van der Waals surface area contributed by atoms with E-state index in [9.17, 15) is 14.4 Å². The highest BCUT2D eigenvalue weighted by atomic mass is 16.2. The van der Waals surface area contributed by atoms with Gasteiger partial charge in [-0.05, 0) is 63.8 Å². The number of rotatable bonds is 2. The minimum atomic E-state index is -0.558. The van der Waals surface area contributed by atoms with Crippen molar-refractivity contribution in [2.75, 3.05) is 18.0 Å². The first kappa shape index (κ1) is 19.5. The molecule has 7 nitrogen and oxygen atoms in total. The molecule has 1 N–H and O–H groups in total. The van der Waals surface area contributed by atoms with Gasteiger partial charge in [0.25, 0.3) is 5.91 Å².